The molecule has 0 aliphatic heterocycles. The molecule has 0 aromatic heterocycles. The van der Waals surface area contributed by atoms with Gasteiger partial charge >= 0.3 is 0 Å². The van der Waals surface area contributed by atoms with Crippen molar-refractivity contribution in [3.63, 3.8) is 0 Å². The maximum atomic E-state index is 13.4. The van der Waals surface area contributed by atoms with Crippen LogP contribution in [0.4, 0.5) is 15.8 Å². The number of anilines is 2. The standard InChI is InChI=1S/C15H14ClFN2O/c1-10-3-2-4-12(7-10)19-15(20)9-18-14-8-11(16)5-6-13(14)17/h2-8,18H,9H2,1H3,(H,19,20). The fourth-order valence-corrected chi connectivity index (χ4v) is 1.91. The first-order valence-electron chi connectivity index (χ1n) is 6.10. The highest BCUT2D eigenvalue weighted by atomic mass is 35.5. The Bertz CT molecular complexity index is 631. The highest BCUT2D eigenvalue weighted by Gasteiger charge is 2.06. The van der Waals surface area contributed by atoms with Gasteiger partial charge in [-0.3, -0.25) is 4.79 Å². The van der Waals surface area contributed by atoms with Crippen LogP contribution < -0.4 is 10.6 Å². The fourth-order valence-electron chi connectivity index (χ4n) is 1.74. The molecule has 0 radical (unpaired) electrons. The van der Waals surface area contributed by atoms with Crippen molar-refractivity contribution in [1.82, 2.24) is 0 Å². The van der Waals surface area contributed by atoms with Gasteiger partial charge in [-0.25, -0.2) is 4.39 Å². The molecule has 0 spiro atoms. The van der Waals surface area contributed by atoms with Gasteiger partial charge in [0.1, 0.15) is 5.82 Å². The number of rotatable bonds is 4. The van der Waals surface area contributed by atoms with E-state index in [2.05, 4.69) is 10.6 Å². The van der Waals surface area contributed by atoms with E-state index in [0.29, 0.717) is 10.7 Å². The Balaban J connectivity index is 1.94. The normalized spacial score (nSPS) is 10.2. The third-order valence-electron chi connectivity index (χ3n) is 2.67. The third-order valence-corrected chi connectivity index (χ3v) is 2.90. The average Bonchev–Trinajstić information content (AvgIpc) is 2.40. The van der Waals surface area contributed by atoms with Gasteiger partial charge in [0.15, 0.2) is 0 Å². The van der Waals surface area contributed by atoms with Gasteiger partial charge in [-0.05, 0) is 42.8 Å². The van der Waals surface area contributed by atoms with Crippen LogP contribution in [0.15, 0.2) is 42.5 Å². The van der Waals surface area contributed by atoms with Crippen molar-refractivity contribution in [2.75, 3.05) is 17.2 Å². The Hall–Kier alpha value is -2.07. The quantitative estimate of drug-likeness (QED) is 0.899. The van der Waals surface area contributed by atoms with Crippen LogP contribution in [0.2, 0.25) is 5.02 Å². The molecule has 5 heteroatoms. The van der Waals surface area contributed by atoms with E-state index >= 15 is 0 Å². The van der Waals surface area contributed by atoms with Gasteiger partial charge in [0.2, 0.25) is 5.91 Å². The van der Waals surface area contributed by atoms with Crippen molar-refractivity contribution in [3.8, 4) is 0 Å². The number of halogens is 2. The Morgan fingerprint density at radius 2 is 2.05 bits per heavy atom. The minimum Gasteiger partial charge on any atom is -0.374 e. The van der Waals surface area contributed by atoms with Crippen molar-refractivity contribution < 1.29 is 9.18 Å². The molecule has 0 heterocycles. The molecule has 20 heavy (non-hydrogen) atoms. The van der Waals surface area contributed by atoms with E-state index in [1.807, 2.05) is 25.1 Å². The van der Waals surface area contributed by atoms with Gasteiger partial charge in [-0.15, -0.1) is 0 Å². The van der Waals surface area contributed by atoms with E-state index in [4.69, 9.17) is 11.6 Å². The number of benzene rings is 2. The molecule has 0 aliphatic rings. The summed E-state index contributed by atoms with van der Waals surface area (Å²) in [5, 5.41) is 5.86. The van der Waals surface area contributed by atoms with Gasteiger partial charge in [-0.1, -0.05) is 23.7 Å². The van der Waals surface area contributed by atoms with Crippen LogP contribution >= 0.6 is 11.6 Å². The van der Waals surface area contributed by atoms with Crippen LogP contribution in [-0.4, -0.2) is 12.5 Å². The topological polar surface area (TPSA) is 41.1 Å². The minimum atomic E-state index is -0.447. The summed E-state index contributed by atoms with van der Waals surface area (Å²) < 4.78 is 13.4. The first-order valence-corrected chi connectivity index (χ1v) is 6.48. The fraction of sp³-hybridized carbons (Fsp3) is 0.133. The van der Waals surface area contributed by atoms with Crippen LogP contribution in [0.3, 0.4) is 0 Å². The second-order valence-corrected chi connectivity index (χ2v) is 4.83. The molecular weight excluding hydrogens is 279 g/mol. The molecule has 104 valence electrons. The summed E-state index contributed by atoms with van der Waals surface area (Å²) in [7, 11) is 0. The summed E-state index contributed by atoms with van der Waals surface area (Å²) in [6.45, 7) is 1.90. The molecule has 2 rings (SSSR count). The molecule has 0 aliphatic carbocycles. The SMILES string of the molecule is Cc1cccc(NC(=O)CNc2cc(Cl)ccc2F)c1. The number of aryl methyl sites for hydroxylation is 1. The largest absolute Gasteiger partial charge is 0.374 e. The zero-order valence-corrected chi connectivity index (χ0v) is 11.7. The molecule has 1 amide bonds. The van der Waals surface area contributed by atoms with Crippen molar-refractivity contribution in [2.24, 2.45) is 0 Å². The first-order chi connectivity index (χ1) is 9.54. The summed E-state index contributed by atoms with van der Waals surface area (Å²) in [5.41, 5.74) is 1.97. The Morgan fingerprint density at radius 1 is 1.25 bits per heavy atom. The Morgan fingerprint density at radius 3 is 2.80 bits per heavy atom. The predicted molar refractivity (Wildman–Crippen MR) is 79.7 cm³/mol. The van der Waals surface area contributed by atoms with Gasteiger partial charge in [0.05, 0.1) is 12.2 Å². The summed E-state index contributed by atoms with van der Waals surface area (Å²) in [4.78, 5) is 11.8. The van der Waals surface area contributed by atoms with E-state index < -0.39 is 5.82 Å². The molecule has 0 unspecified atom stereocenters. The Labute approximate surface area is 121 Å². The van der Waals surface area contributed by atoms with Crippen molar-refractivity contribution in [1.29, 1.82) is 0 Å². The van der Waals surface area contributed by atoms with Crippen LogP contribution in [0, 0.1) is 12.7 Å². The predicted octanol–water partition coefficient (Wildman–Crippen LogP) is 3.84. The van der Waals surface area contributed by atoms with Crippen molar-refractivity contribution >= 4 is 28.9 Å². The van der Waals surface area contributed by atoms with Crippen LogP contribution in [-0.2, 0) is 4.79 Å². The molecule has 0 bridgehead atoms. The van der Waals surface area contributed by atoms with Crippen LogP contribution in [0.1, 0.15) is 5.56 Å². The second-order valence-electron chi connectivity index (χ2n) is 4.40. The number of hydrogen-bond acceptors (Lipinski definition) is 2. The highest BCUT2D eigenvalue weighted by molar-refractivity contribution is 6.30. The maximum absolute atomic E-state index is 13.4. The zero-order chi connectivity index (χ0) is 14.5. The van der Waals surface area contributed by atoms with Gasteiger partial charge < -0.3 is 10.6 Å². The van der Waals surface area contributed by atoms with E-state index in [9.17, 15) is 9.18 Å². The summed E-state index contributed by atoms with van der Waals surface area (Å²) >= 11 is 5.77. The highest BCUT2D eigenvalue weighted by Crippen LogP contribution is 2.19. The van der Waals surface area contributed by atoms with Gasteiger partial charge in [-0.2, -0.15) is 0 Å². The molecule has 0 fully saturated rings. The number of amides is 1. The van der Waals surface area contributed by atoms with Crippen molar-refractivity contribution in [3.05, 3.63) is 58.9 Å². The van der Waals surface area contributed by atoms with E-state index in [0.717, 1.165) is 5.56 Å². The van der Waals surface area contributed by atoms with E-state index in [-0.39, 0.29) is 18.1 Å². The van der Waals surface area contributed by atoms with Crippen molar-refractivity contribution in [2.45, 2.75) is 6.92 Å². The average molecular weight is 293 g/mol. The molecular formula is C15H14ClFN2O. The zero-order valence-electron chi connectivity index (χ0n) is 10.9. The summed E-state index contributed by atoms with van der Waals surface area (Å²) in [5.74, 6) is -0.701. The lowest BCUT2D eigenvalue weighted by Crippen LogP contribution is -2.22. The summed E-state index contributed by atoms with van der Waals surface area (Å²) in [6.07, 6.45) is 0. The summed E-state index contributed by atoms with van der Waals surface area (Å²) in [6, 6.07) is 11.6. The van der Waals surface area contributed by atoms with Gasteiger partial charge in [0, 0.05) is 10.7 Å². The molecule has 3 nitrogen and oxygen atoms in total. The first kappa shape index (κ1) is 14.3. The van der Waals surface area contributed by atoms with E-state index in [1.54, 1.807) is 6.07 Å². The lowest BCUT2D eigenvalue weighted by Gasteiger charge is -2.09. The molecule has 0 atom stereocenters. The van der Waals surface area contributed by atoms with Crippen LogP contribution in [0.5, 0.6) is 0 Å². The third kappa shape index (κ3) is 3.96. The lowest BCUT2D eigenvalue weighted by atomic mass is 10.2. The second kappa shape index (κ2) is 6.39. The van der Waals surface area contributed by atoms with Crippen LogP contribution in [0.25, 0.3) is 0 Å². The number of hydrogen-bond donors (Lipinski definition) is 2. The molecule has 2 aromatic carbocycles. The number of nitrogens with one attached hydrogen (secondary N) is 2. The maximum Gasteiger partial charge on any atom is 0.243 e. The van der Waals surface area contributed by atoms with E-state index in [1.165, 1.54) is 18.2 Å². The lowest BCUT2D eigenvalue weighted by molar-refractivity contribution is -0.114. The van der Waals surface area contributed by atoms with Gasteiger partial charge in [0.25, 0.3) is 0 Å². The molecule has 2 aromatic rings. The number of carbonyl (C=O) groups excluding carboxylic acids is 1. The monoisotopic (exact) mass is 292 g/mol. The smallest absolute Gasteiger partial charge is 0.243 e. The minimum absolute atomic E-state index is 0.0365. The molecule has 0 saturated heterocycles. The number of carbonyl (C=O) groups is 1. The Kier molecular flexibility index (Phi) is 4.58. The molecule has 2 N–H and O–H groups in total. The molecule has 0 saturated carbocycles.